The van der Waals surface area contributed by atoms with Crippen molar-refractivity contribution in [3.8, 4) is 5.75 Å². The van der Waals surface area contributed by atoms with Crippen molar-refractivity contribution in [1.82, 2.24) is 20.2 Å². The number of likely N-dealkylation sites (tertiary alicyclic amines) is 1. The summed E-state index contributed by atoms with van der Waals surface area (Å²) in [6.07, 6.45) is 6.20. The molecule has 2 N–H and O–H groups in total. The first kappa shape index (κ1) is 32.9. The Hall–Kier alpha value is -4.47. The Morgan fingerprint density at radius 1 is 0.957 bits per heavy atom. The molecule has 2 amide bonds. The molecule has 1 aliphatic rings. The zero-order valence-corrected chi connectivity index (χ0v) is 26.7. The number of carbonyl (C=O) groups is 2. The second-order valence-electron chi connectivity index (χ2n) is 11.8. The van der Waals surface area contributed by atoms with Crippen molar-refractivity contribution < 1.29 is 23.8 Å². The number of aromatic amines is 1. The Kier molecular flexibility index (Phi) is 11.6. The number of H-pyrrole nitrogens is 1. The van der Waals surface area contributed by atoms with Crippen molar-refractivity contribution in [3.05, 3.63) is 119 Å². The lowest BCUT2D eigenvalue weighted by molar-refractivity contribution is -0.175. The number of rotatable bonds is 17. The van der Waals surface area contributed by atoms with E-state index in [0.717, 1.165) is 46.5 Å². The van der Waals surface area contributed by atoms with Gasteiger partial charge in [-0.3, -0.25) is 9.59 Å². The van der Waals surface area contributed by atoms with Crippen LogP contribution >= 0.6 is 0 Å². The van der Waals surface area contributed by atoms with Crippen LogP contribution in [0.1, 0.15) is 47.2 Å². The number of nitrogens with one attached hydrogen (secondary N) is 2. The maximum absolute atomic E-state index is 14.0. The van der Waals surface area contributed by atoms with Gasteiger partial charge in [0.2, 0.25) is 11.8 Å². The van der Waals surface area contributed by atoms with Crippen molar-refractivity contribution in [1.29, 1.82) is 0 Å². The van der Waals surface area contributed by atoms with Crippen LogP contribution in [0.5, 0.6) is 5.75 Å². The van der Waals surface area contributed by atoms with Crippen molar-refractivity contribution in [2.45, 2.75) is 57.3 Å². The smallest absolute Gasteiger partial charge is 0.245 e. The lowest BCUT2D eigenvalue weighted by Gasteiger charge is -2.51. The molecular weight excluding hydrogens is 580 g/mol. The molecule has 4 aromatic rings. The number of amides is 2. The third-order valence-electron chi connectivity index (χ3n) is 8.41. The van der Waals surface area contributed by atoms with Crippen LogP contribution in [0.2, 0.25) is 0 Å². The monoisotopic (exact) mass is 624 g/mol. The topological polar surface area (TPSA) is 106 Å². The van der Waals surface area contributed by atoms with Gasteiger partial charge >= 0.3 is 0 Å². The molecule has 0 unspecified atom stereocenters. The highest BCUT2D eigenvalue weighted by molar-refractivity contribution is 5.88. The molecule has 1 fully saturated rings. The van der Waals surface area contributed by atoms with E-state index < -0.39 is 11.6 Å². The number of aryl methyl sites for hydroxylation is 2. The van der Waals surface area contributed by atoms with E-state index in [1.165, 1.54) is 0 Å². The number of imidazole rings is 1. The summed E-state index contributed by atoms with van der Waals surface area (Å²) in [7, 11) is 1.62. The van der Waals surface area contributed by atoms with Gasteiger partial charge in [-0.1, -0.05) is 66.7 Å². The molecule has 1 saturated heterocycles. The minimum absolute atomic E-state index is 0.119. The van der Waals surface area contributed by atoms with Gasteiger partial charge in [0.25, 0.3) is 0 Å². The fraction of sp³-hybridized carbons (Fsp3) is 0.378. The molecule has 2 heterocycles. The Morgan fingerprint density at radius 3 is 2.41 bits per heavy atom. The maximum Gasteiger partial charge on any atom is 0.245 e. The van der Waals surface area contributed by atoms with E-state index in [9.17, 15) is 9.59 Å². The molecule has 46 heavy (non-hydrogen) atoms. The van der Waals surface area contributed by atoms with Crippen LogP contribution in [0.3, 0.4) is 0 Å². The van der Waals surface area contributed by atoms with E-state index in [-0.39, 0.29) is 18.2 Å². The first-order valence-corrected chi connectivity index (χ1v) is 16.0. The zero-order valence-electron chi connectivity index (χ0n) is 26.7. The summed E-state index contributed by atoms with van der Waals surface area (Å²) in [4.78, 5) is 35.9. The number of hydrogen-bond acceptors (Lipinski definition) is 6. The third kappa shape index (κ3) is 8.83. The molecule has 3 aromatic carbocycles. The fourth-order valence-electron chi connectivity index (χ4n) is 5.84. The zero-order chi connectivity index (χ0) is 32.2. The van der Waals surface area contributed by atoms with Gasteiger partial charge in [0, 0.05) is 32.3 Å². The molecule has 1 atom stereocenters. The maximum atomic E-state index is 14.0. The van der Waals surface area contributed by atoms with E-state index in [4.69, 9.17) is 14.2 Å². The number of benzene rings is 3. The fourth-order valence-corrected chi connectivity index (χ4v) is 5.84. The van der Waals surface area contributed by atoms with Crippen LogP contribution in [0, 0.1) is 6.92 Å². The van der Waals surface area contributed by atoms with Gasteiger partial charge < -0.3 is 29.4 Å². The Labute approximate surface area is 271 Å². The van der Waals surface area contributed by atoms with Crippen LogP contribution in [-0.2, 0) is 44.1 Å². The molecule has 5 rings (SSSR count). The van der Waals surface area contributed by atoms with Crippen LogP contribution in [0.25, 0.3) is 0 Å². The first-order valence-electron chi connectivity index (χ1n) is 16.0. The van der Waals surface area contributed by atoms with Crippen molar-refractivity contribution >= 4 is 11.8 Å². The molecule has 1 aliphatic heterocycles. The predicted molar refractivity (Wildman–Crippen MR) is 176 cm³/mol. The van der Waals surface area contributed by atoms with Gasteiger partial charge in [-0.05, 0) is 60.6 Å². The molecular formula is C37H44N4O5. The highest BCUT2D eigenvalue weighted by atomic mass is 16.5. The number of methoxy groups -OCH3 is 1. The molecule has 0 bridgehead atoms. The summed E-state index contributed by atoms with van der Waals surface area (Å²) in [5.74, 6) is 0.428. The van der Waals surface area contributed by atoms with Crippen LogP contribution in [-0.4, -0.2) is 66.1 Å². The minimum atomic E-state index is -0.711. The highest BCUT2D eigenvalue weighted by Crippen LogP contribution is 2.38. The Bertz CT molecular complexity index is 1520. The number of nitrogens with zero attached hydrogens (tertiary/aromatic N) is 2. The summed E-state index contributed by atoms with van der Waals surface area (Å²) in [6.45, 7) is 4.74. The summed E-state index contributed by atoms with van der Waals surface area (Å²) >= 11 is 0. The second-order valence-corrected chi connectivity index (χ2v) is 11.8. The van der Waals surface area contributed by atoms with E-state index >= 15 is 0 Å². The molecule has 9 nitrogen and oxygen atoms in total. The van der Waals surface area contributed by atoms with E-state index in [0.29, 0.717) is 45.8 Å². The summed E-state index contributed by atoms with van der Waals surface area (Å²) < 4.78 is 17.7. The summed E-state index contributed by atoms with van der Waals surface area (Å²) in [5, 5.41) is 3.01. The average molecular weight is 625 g/mol. The third-order valence-corrected chi connectivity index (χ3v) is 8.41. The van der Waals surface area contributed by atoms with Crippen molar-refractivity contribution in [2.24, 2.45) is 0 Å². The second kappa shape index (κ2) is 16.2. The van der Waals surface area contributed by atoms with Gasteiger partial charge in [0.05, 0.1) is 38.8 Å². The lowest BCUT2D eigenvalue weighted by Crippen LogP contribution is -2.66. The predicted octanol–water partition coefficient (Wildman–Crippen LogP) is 5.14. The number of ether oxygens (including phenoxy) is 3. The first-order chi connectivity index (χ1) is 22.5. The van der Waals surface area contributed by atoms with Gasteiger partial charge in [-0.2, -0.15) is 0 Å². The van der Waals surface area contributed by atoms with Gasteiger partial charge in [-0.25, -0.2) is 4.98 Å². The largest absolute Gasteiger partial charge is 0.497 e. The lowest BCUT2D eigenvalue weighted by atomic mass is 9.82. The standard InChI is InChI=1S/C37H44N4O5/c1-28-10-6-7-13-33(28)37(46-21-9-8-20-45-24-30-11-4-3-5-12-30)25-41(26-37)36(43)34(22-29-14-17-32(44-2)18-15-29)40-35(42)19-16-31-23-38-27-39-31/h3-7,10-15,17-18,23,27,34H,8-9,16,19-22,24-26H2,1-2H3,(H,38,39)(H,40,42)/t34-/m1/s1. The summed E-state index contributed by atoms with van der Waals surface area (Å²) in [5.41, 5.74) is 4.52. The van der Waals surface area contributed by atoms with Crippen LogP contribution in [0.4, 0.5) is 0 Å². The van der Waals surface area contributed by atoms with Gasteiger partial charge in [0.15, 0.2) is 0 Å². The average Bonchev–Trinajstić information content (AvgIpc) is 3.59. The Balaban J connectivity index is 1.20. The highest BCUT2D eigenvalue weighted by Gasteiger charge is 2.49. The molecule has 9 heteroatoms. The van der Waals surface area contributed by atoms with Crippen LogP contribution in [0.15, 0.2) is 91.4 Å². The number of unbranched alkanes of at least 4 members (excludes halogenated alkanes) is 1. The molecule has 242 valence electrons. The van der Waals surface area contributed by atoms with Gasteiger partial charge in [0.1, 0.15) is 17.4 Å². The number of carbonyl (C=O) groups excluding carboxylic acids is 2. The van der Waals surface area contributed by atoms with Gasteiger partial charge in [-0.15, -0.1) is 0 Å². The van der Waals surface area contributed by atoms with E-state index in [1.807, 2.05) is 54.6 Å². The van der Waals surface area contributed by atoms with E-state index in [2.05, 4.69) is 46.5 Å². The van der Waals surface area contributed by atoms with Crippen molar-refractivity contribution in [3.63, 3.8) is 0 Å². The normalized spacial score (nSPS) is 14.3. The number of hydrogen-bond donors (Lipinski definition) is 2. The molecule has 0 saturated carbocycles. The molecule has 1 aromatic heterocycles. The van der Waals surface area contributed by atoms with Crippen LogP contribution < -0.4 is 10.1 Å². The Morgan fingerprint density at radius 2 is 1.70 bits per heavy atom. The molecule has 0 radical (unpaired) electrons. The quantitative estimate of drug-likeness (QED) is 0.158. The van der Waals surface area contributed by atoms with Crippen molar-refractivity contribution in [2.75, 3.05) is 33.4 Å². The number of aromatic nitrogens is 2. The summed E-state index contributed by atoms with van der Waals surface area (Å²) in [6, 6.07) is 25.2. The van der Waals surface area contributed by atoms with E-state index in [1.54, 1.807) is 24.5 Å². The molecule has 0 spiro atoms. The molecule has 0 aliphatic carbocycles. The SMILES string of the molecule is COc1ccc(C[C@@H](NC(=O)CCc2c[nH]cn2)C(=O)N2CC(OCCCCOCc3ccccc3)(c3ccccc3C)C2)cc1. The minimum Gasteiger partial charge on any atom is -0.497 e.